The zero-order valence-electron chi connectivity index (χ0n) is 19.7. The van der Waals surface area contributed by atoms with Gasteiger partial charge in [-0.2, -0.15) is 0 Å². The summed E-state index contributed by atoms with van der Waals surface area (Å²) in [5.74, 6) is 0.101. The van der Waals surface area contributed by atoms with Crippen LogP contribution in [-0.2, 0) is 6.54 Å². The topological polar surface area (TPSA) is 90.8 Å². The van der Waals surface area contributed by atoms with E-state index in [1.807, 2.05) is 41.8 Å². The Morgan fingerprint density at radius 1 is 0.914 bits per heavy atom. The van der Waals surface area contributed by atoms with Crippen molar-refractivity contribution in [3.8, 4) is 5.69 Å². The van der Waals surface area contributed by atoms with Gasteiger partial charge in [-0.25, -0.2) is 9.97 Å². The first kappa shape index (κ1) is 21.2. The molecule has 35 heavy (non-hydrogen) atoms. The predicted octanol–water partition coefficient (Wildman–Crippen LogP) is 5.42. The molecular formula is C28H26N6O. The Kier molecular flexibility index (Phi) is 4.91. The number of rotatable bonds is 5. The summed E-state index contributed by atoms with van der Waals surface area (Å²) >= 11 is 0. The maximum absolute atomic E-state index is 13.2. The van der Waals surface area contributed by atoms with Crippen LogP contribution in [0.3, 0.4) is 0 Å². The zero-order chi connectivity index (χ0) is 24.1. The highest BCUT2D eigenvalue weighted by Gasteiger charge is 2.25. The molecule has 0 aliphatic heterocycles. The maximum atomic E-state index is 13.2. The van der Waals surface area contributed by atoms with Gasteiger partial charge in [0.15, 0.2) is 5.65 Å². The predicted molar refractivity (Wildman–Crippen MR) is 142 cm³/mol. The zero-order valence-corrected chi connectivity index (χ0v) is 19.7. The third-order valence-electron chi connectivity index (χ3n) is 6.59. The van der Waals surface area contributed by atoms with Crippen LogP contribution in [0, 0.1) is 0 Å². The van der Waals surface area contributed by atoms with Gasteiger partial charge < -0.3 is 15.6 Å². The molecule has 3 aromatic carbocycles. The number of benzene rings is 3. The second-order valence-electron chi connectivity index (χ2n) is 8.70. The van der Waals surface area contributed by atoms with Crippen molar-refractivity contribution in [2.24, 2.45) is 0 Å². The lowest BCUT2D eigenvalue weighted by Gasteiger charge is -2.09. The molecule has 0 saturated carbocycles. The molecule has 6 rings (SSSR count). The molecule has 0 aliphatic rings. The van der Waals surface area contributed by atoms with E-state index in [1.54, 1.807) is 0 Å². The van der Waals surface area contributed by atoms with Gasteiger partial charge in [-0.05, 0) is 49.7 Å². The molecule has 1 amide bonds. The van der Waals surface area contributed by atoms with Crippen molar-refractivity contribution in [1.29, 1.82) is 0 Å². The third-order valence-corrected chi connectivity index (χ3v) is 6.59. The Bertz CT molecular complexity index is 1760. The Labute approximate surface area is 202 Å². The van der Waals surface area contributed by atoms with Gasteiger partial charge in [0.25, 0.3) is 5.91 Å². The molecule has 0 fully saturated rings. The van der Waals surface area contributed by atoms with Crippen LogP contribution in [0.1, 0.15) is 30.6 Å². The van der Waals surface area contributed by atoms with E-state index < -0.39 is 0 Å². The molecule has 7 heteroatoms. The Morgan fingerprint density at radius 3 is 2.40 bits per heavy atom. The first-order valence-electron chi connectivity index (χ1n) is 12.0. The van der Waals surface area contributed by atoms with Crippen LogP contribution in [0.5, 0.6) is 0 Å². The van der Waals surface area contributed by atoms with Gasteiger partial charge in [-0.3, -0.25) is 9.36 Å². The summed E-state index contributed by atoms with van der Waals surface area (Å²) in [5.41, 5.74) is 12.8. The van der Waals surface area contributed by atoms with Crippen molar-refractivity contribution in [2.75, 3.05) is 12.3 Å². The molecule has 0 bridgehead atoms. The maximum Gasteiger partial charge on any atom is 0.257 e. The quantitative estimate of drug-likeness (QED) is 0.358. The van der Waals surface area contributed by atoms with Crippen molar-refractivity contribution in [2.45, 2.75) is 26.8 Å². The first-order valence-corrected chi connectivity index (χ1v) is 12.0. The summed E-state index contributed by atoms with van der Waals surface area (Å²) in [6.45, 7) is 5.60. The summed E-state index contributed by atoms with van der Waals surface area (Å²) in [7, 11) is 0. The summed E-state index contributed by atoms with van der Waals surface area (Å²) in [4.78, 5) is 22.9. The fraction of sp³-hybridized carbons (Fsp3) is 0.179. The van der Waals surface area contributed by atoms with E-state index in [9.17, 15) is 4.79 Å². The van der Waals surface area contributed by atoms with Crippen LogP contribution in [-0.4, -0.2) is 31.6 Å². The average Bonchev–Trinajstić information content (AvgIpc) is 3.36. The summed E-state index contributed by atoms with van der Waals surface area (Å²) < 4.78 is 4.16. The lowest BCUT2D eigenvalue weighted by atomic mass is 10.1. The third kappa shape index (κ3) is 3.15. The van der Waals surface area contributed by atoms with Gasteiger partial charge in [-0.1, -0.05) is 37.3 Å². The number of nitrogen functional groups attached to an aromatic ring is 1. The van der Waals surface area contributed by atoms with Gasteiger partial charge >= 0.3 is 0 Å². The summed E-state index contributed by atoms with van der Waals surface area (Å²) in [5, 5.41) is 5.27. The van der Waals surface area contributed by atoms with Crippen molar-refractivity contribution >= 4 is 55.7 Å². The number of anilines is 1. The van der Waals surface area contributed by atoms with Crippen molar-refractivity contribution in [1.82, 2.24) is 24.4 Å². The van der Waals surface area contributed by atoms with E-state index in [2.05, 4.69) is 53.2 Å². The molecule has 0 unspecified atom stereocenters. The Balaban J connectivity index is 1.67. The average molecular weight is 463 g/mol. The number of nitrogens with zero attached hydrogens (tertiary/aromatic N) is 4. The van der Waals surface area contributed by atoms with E-state index in [0.29, 0.717) is 29.1 Å². The first-order chi connectivity index (χ1) is 17.1. The molecular weight excluding hydrogens is 436 g/mol. The molecule has 174 valence electrons. The fourth-order valence-corrected chi connectivity index (χ4v) is 5.00. The monoisotopic (exact) mass is 462 g/mol. The molecule has 0 spiro atoms. The van der Waals surface area contributed by atoms with Crippen molar-refractivity contribution in [3.63, 3.8) is 0 Å². The van der Waals surface area contributed by atoms with E-state index >= 15 is 0 Å². The molecule has 3 N–H and O–H groups in total. The van der Waals surface area contributed by atoms with Gasteiger partial charge in [-0.15, -0.1) is 0 Å². The van der Waals surface area contributed by atoms with Crippen LogP contribution in [0.15, 0.2) is 66.7 Å². The van der Waals surface area contributed by atoms with Crippen LogP contribution in [0.2, 0.25) is 0 Å². The number of aromatic nitrogens is 4. The molecule has 3 aromatic heterocycles. The molecule has 0 saturated heterocycles. The number of amides is 1. The lowest BCUT2D eigenvalue weighted by molar-refractivity contribution is 0.0956. The number of hydrogen-bond donors (Lipinski definition) is 2. The SMILES string of the molecule is CCCNC(=O)c1c(N)n(-c2ccc3c(c2)c2ccccc2n3CC)c2nc3ccccc3nc12. The smallest absolute Gasteiger partial charge is 0.257 e. The molecule has 6 aromatic rings. The highest BCUT2D eigenvalue weighted by Crippen LogP contribution is 2.35. The Hall–Kier alpha value is -4.39. The number of fused-ring (bicyclic) bond motifs is 5. The molecule has 0 atom stereocenters. The van der Waals surface area contributed by atoms with Crippen LogP contribution in [0.4, 0.5) is 5.82 Å². The van der Waals surface area contributed by atoms with Crippen LogP contribution in [0.25, 0.3) is 49.7 Å². The van der Waals surface area contributed by atoms with Crippen LogP contribution >= 0.6 is 0 Å². The minimum absolute atomic E-state index is 0.235. The van der Waals surface area contributed by atoms with Crippen LogP contribution < -0.4 is 11.1 Å². The fourth-order valence-electron chi connectivity index (χ4n) is 5.00. The van der Waals surface area contributed by atoms with Gasteiger partial charge in [0.1, 0.15) is 16.9 Å². The minimum atomic E-state index is -0.235. The highest BCUT2D eigenvalue weighted by molar-refractivity contribution is 6.12. The largest absolute Gasteiger partial charge is 0.384 e. The van der Waals surface area contributed by atoms with E-state index in [1.165, 1.54) is 10.9 Å². The van der Waals surface area contributed by atoms with Gasteiger partial charge in [0, 0.05) is 40.6 Å². The summed E-state index contributed by atoms with van der Waals surface area (Å²) in [6.07, 6.45) is 0.830. The number of nitrogens with two attached hydrogens (primary N) is 1. The van der Waals surface area contributed by atoms with E-state index in [0.717, 1.165) is 40.6 Å². The second kappa shape index (κ2) is 8.13. The summed E-state index contributed by atoms with van der Waals surface area (Å²) in [6, 6.07) is 22.3. The second-order valence-corrected chi connectivity index (χ2v) is 8.70. The number of aryl methyl sites for hydroxylation is 1. The number of para-hydroxylation sites is 3. The van der Waals surface area contributed by atoms with Gasteiger partial charge in [0.05, 0.1) is 11.0 Å². The van der Waals surface area contributed by atoms with E-state index in [-0.39, 0.29) is 5.91 Å². The number of nitrogens with one attached hydrogen (secondary N) is 1. The highest BCUT2D eigenvalue weighted by atomic mass is 16.1. The normalized spacial score (nSPS) is 11.7. The number of carbonyl (C=O) groups is 1. The standard InChI is InChI=1S/C28H26N6O/c1-3-15-30-28(35)24-25-27(32-21-11-7-6-10-20(21)31-25)34(26(24)29)17-13-14-23-19(16-17)18-9-5-8-12-22(18)33(23)4-2/h5-14,16H,3-4,15,29H2,1-2H3,(H,30,35). The lowest BCUT2D eigenvalue weighted by Crippen LogP contribution is -2.25. The minimum Gasteiger partial charge on any atom is -0.384 e. The molecule has 0 radical (unpaired) electrons. The van der Waals surface area contributed by atoms with E-state index in [4.69, 9.17) is 15.7 Å². The van der Waals surface area contributed by atoms with Crippen molar-refractivity contribution in [3.05, 3.63) is 72.3 Å². The number of hydrogen-bond acceptors (Lipinski definition) is 4. The van der Waals surface area contributed by atoms with Gasteiger partial charge in [0.2, 0.25) is 0 Å². The molecule has 7 nitrogen and oxygen atoms in total. The number of carbonyl (C=O) groups excluding carboxylic acids is 1. The van der Waals surface area contributed by atoms with Crippen molar-refractivity contribution < 1.29 is 4.79 Å². The Morgan fingerprint density at radius 2 is 1.63 bits per heavy atom. The molecule has 3 heterocycles. The molecule has 0 aliphatic carbocycles.